The van der Waals surface area contributed by atoms with Crippen molar-refractivity contribution < 1.29 is 0 Å². The Morgan fingerprint density at radius 3 is 2.50 bits per heavy atom. The monoisotopic (exact) mass is 247 g/mol. The van der Waals surface area contributed by atoms with Gasteiger partial charge in [-0.1, -0.05) is 64.3 Å². The van der Waals surface area contributed by atoms with Crippen LogP contribution in [0.1, 0.15) is 57.6 Å². The maximum absolute atomic E-state index is 3.61. The highest BCUT2D eigenvalue weighted by Gasteiger charge is 2.16. The predicted molar refractivity (Wildman–Crippen MR) is 80.8 cm³/mol. The molecule has 0 aromatic heterocycles. The van der Waals surface area contributed by atoms with Crippen molar-refractivity contribution >= 4 is 0 Å². The normalized spacial score (nSPS) is 11.8. The summed E-state index contributed by atoms with van der Waals surface area (Å²) in [5.74, 6) is 0. The maximum Gasteiger partial charge on any atom is 0.0208 e. The molecule has 1 heteroatoms. The number of rotatable bonds is 8. The van der Waals surface area contributed by atoms with Gasteiger partial charge in [-0.15, -0.1) is 0 Å². The lowest BCUT2D eigenvalue weighted by molar-refractivity contribution is 0.302. The van der Waals surface area contributed by atoms with Crippen LogP contribution in [-0.4, -0.2) is 6.54 Å². The molecule has 0 aliphatic carbocycles. The quantitative estimate of drug-likeness (QED) is 0.657. The molecule has 1 nitrogen and oxygen atoms in total. The van der Waals surface area contributed by atoms with Crippen LogP contribution in [0.3, 0.4) is 0 Å². The molecule has 0 bridgehead atoms. The summed E-state index contributed by atoms with van der Waals surface area (Å²) in [6.07, 6.45) is 5.35. The molecule has 1 rings (SSSR count). The average molecular weight is 247 g/mol. The maximum atomic E-state index is 3.61. The van der Waals surface area contributed by atoms with Crippen molar-refractivity contribution in [1.29, 1.82) is 0 Å². The Morgan fingerprint density at radius 2 is 1.83 bits per heavy atom. The SMILES string of the molecule is CCCCCC(C)(C)CNCc1ccccc1C. The van der Waals surface area contributed by atoms with E-state index in [0.717, 1.165) is 13.1 Å². The van der Waals surface area contributed by atoms with Gasteiger partial charge >= 0.3 is 0 Å². The number of aryl methyl sites for hydroxylation is 1. The van der Waals surface area contributed by atoms with E-state index >= 15 is 0 Å². The lowest BCUT2D eigenvalue weighted by Gasteiger charge is -2.25. The Morgan fingerprint density at radius 1 is 1.11 bits per heavy atom. The highest BCUT2D eigenvalue weighted by atomic mass is 14.9. The lowest BCUT2D eigenvalue weighted by Crippen LogP contribution is -2.29. The van der Waals surface area contributed by atoms with E-state index in [0.29, 0.717) is 5.41 Å². The number of hydrogen-bond acceptors (Lipinski definition) is 1. The molecule has 0 spiro atoms. The number of nitrogens with one attached hydrogen (secondary N) is 1. The predicted octanol–water partition coefficient (Wildman–Crippen LogP) is 4.69. The van der Waals surface area contributed by atoms with E-state index in [2.05, 4.69) is 57.3 Å². The number of hydrogen-bond donors (Lipinski definition) is 1. The van der Waals surface area contributed by atoms with E-state index in [9.17, 15) is 0 Å². The van der Waals surface area contributed by atoms with Gasteiger partial charge in [0.1, 0.15) is 0 Å². The molecule has 1 aromatic carbocycles. The third kappa shape index (κ3) is 5.68. The summed E-state index contributed by atoms with van der Waals surface area (Å²) in [4.78, 5) is 0. The molecule has 18 heavy (non-hydrogen) atoms. The molecule has 0 fully saturated rings. The number of benzene rings is 1. The fourth-order valence-corrected chi connectivity index (χ4v) is 2.29. The summed E-state index contributed by atoms with van der Waals surface area (Å²) in [6.45, 7) is 11.3. The Bertz CT molecular complexity index is 341. The molecule has 1 N–H and O–H groups in total. The fraction of sp³-hybridized carbons (Fsp3) is 0.647. The van der Waals surface area contributed by atoms with Crippen LogP contribution in [0.5, 0.6) is 0 Å². The van der Waals surface area contributed by atoms with Crippen molar-refractivity contribution in [3.63, 3.8) is 0 Å². The van der Waals surface area contributed by atoms with E-state index in [1.165, 1.54) is 36.8 Å². The van der Waals surface area contributed by atoms with Gasteiger partial charge in [-0.2, -0.15) is 0 Å². The molecular formula is C17H29N. The lowest BCUT2D eigenvalue weighted by atomic mass is 9.87. The van der Waals surface area contributed by atoms with Crippen molar-refractivity contribution in [3.8, 4) is 0 Å². The molecule has 0 atom stereocenters. The Kier molecular flexibility index (Phi) is 6.42. The van der Waals surface area contributed by atoms with Crippen LogP contribution in [-0.2, 0) is 6.54 Å². The van der Waals surface area contributed by atoms with Crippen LogP contribution in [0.15, 0.2) is 24.3 Å². The highest BCUT2D eigenvalue weighted by Crippen LogP contribution is 2.22. The first-order valence-corrected chi connectivity index (χ1v) is 7.30. The van der Waals surface area contributed by atoms with Gasteiger partial charge in [0.2, 0.25) is 0 Å². The highest BCUT2D eigenvalue weighted by molar-refractivity contribution is 5.25. The molecule has 0 radical (unpaired) electrons. The summed E-state index contributed by atoms with van der Waals surface area (Å²) >= 11 is 0. The van der Waals surface area contributed by atoms with Crippen molar-refractivity contribution in [2.45, 2.75) is 59.9 Å². The zero-order valence-corrected chi connectivity index (χ0v) is 12.6. The van der Waals surface area contributed by atoms with Gasteiger partial charge in [0.05, 0.1) is 0 Å². The minimum absolute atomic E-state index is 0.415. The van der Waals surface area contributed by atoms with Gasteiger partial charge in [0, 0.05) is 13.1 Å². The molecule has 0 aliphatic heterocycles. The summed E-state index contributed by atoms with van der Waals surface area (Å²) < 4.78 is 0. The molecule has 1 aromatic rings. The second-order valence-corrected chi connectivity index (χ2v) is 6.15. The standard InChI is InChI=1S/C17H29N/c1-5-6-9-12-17(3,4)14-18-13-16-11-8-7-10-15(16)2/h7-8,10-11,18H,5-6,9,12-14H2,1-4H3. The van der Waals surface area contributed by atoms with Gasteiger partial charge in [0.15, 0.2) is 0 Å². The van der Waals surface area contributed by atoms with Gasteiger partial charge in [0.25, 0.3) is 0 Å². The Labute approximate surface area is 113 Å². The molecule has 0 saturated carbocycles. The largest absolute Gasteiger partial charge is 0.312 e. The molecule has 0 aliphatic rings. The smallest absolute Gasteiger partial charge is 0.0208 e. The van der Waals surface area contributed by atoms with E-state index in [1.54, 1.807) is 0 Å². The summed E-state index contributed by atoms with van der Waals surface area (Å²) in [7, 11) is 0. The fourth-order valence-electron chi connectivity index (χ4n) is 2.29. The van der Waals surface area contributed by atoms with Crippen molar-refractivity contribution in [2.24, 2.45) is 5.41 Å². The molecule has 102 valence electrons. The first-order valence-electron chi connectivity index (χ1n) is 7.30. The molecule has 0 unspecified atom stereocenters. The van der Waals surface area contributed by atoms with Gasteiger partial charge in [-0.05, 0) is 29.9 Å². The number of unbranched alkanes of at least 4 members (excludes halogenated alkanes) is 2. The van der Waals surface area contributed by atoms with Crippen LogP contribution >= 0.6 is 0 Å². The van der Waals surface area contributed by atoms with E-state index in [-0.39, 0.29) is 0 Å². The summed E-state index contributed by atoms with van der Waals surface area (Å²) in [6, 6.07) is 8.62. The Hall–Kier alpha value is -0.820. The Balaban J connectivity index is 2.30. The minimum Gasteiger partial charge on any atom is -0.312 e. The van der Waals surface area contributed by atoms with Gasteiger partial charge in [-0.3, -0.25) is 0 Å². The van der Waals surface area contributed by atoms with Crippen LogP contribution in [0.4, 0.5) is 0 Å². The van der Waals surface area contributed by atoms with Crippen LogP contribution in [0.25, 0.3) is 0 Å². The first kappa shape index (κ1) is 15.2. The van der Waals surface area contributed by atoms with Gasteiger partial charge in [-0.25, -0.2) is 0 Å². The zero-order valence-electron chi connectivity index (χ0n) is 12.6. The molecule has 0 amide bonds. The van der Waals surface area contributed by atoms with Crippen LogP contribution < -0.4 is 5.32 Å². The second kappa shape index (κ2) is 7.58. The third-order valence-electron chi connectivity index (χ3n) is 3.64. The van der Waals surface area contributed by atoms with Crippen molar-refractivity contribution in [2.75, 3.05) is 6.54 Å². The minimum atomic E-state index is 0.415. The zero-order chi connectivity index (χ0) is 13.4. The third-order valence-corrected chi connectivity index (χ3v) is 3.64. The van der Waals surface area contributed by atoms with Crippen molar-refractivity contribution in [1.82, 2.24) is 5.32 Å². The van der Waals surface area contributed by atoms with E-state index < -0.39 is 0 Å². The van der Waals surface area contributed by atoms with Crippen LogP contribution in [0, 0.1) is 12.3 Å². The topological polar surface area (TPSA) is 12.0 Å². The van der Waals surface area contributed by atoms with Gasteiger partial charge < -0.3 is 5.32 Å². The summed E-state index contributed by atoms with van der Waals surface area (Å²) in [5, 5.41) is 3.61. The summed E-state index contributed by atoms with van der Waals surface area (Å²) in [5.41, 5.74) is 3.22. The molecule has 0 heterocycles. The van der Waals surface area contributed by atoms with E-state index in [1.807, 2.05) is 0 Å². The van der Waals surface area contributed by atoms with E-state index in [4.69, 9.17) is 0 Å². The van der Waals surface area contributed by atoms with Crippen LogP contribution in [0.2, 0.25) is 0 Å². The van der Waals surface area contributed by atoms with Crippen molar-refractivity contribution in [3.05, 3.63) is 35.4 Å². The average Bonchev–Trinajstić information content (AvgIpc) is 2.32. The molecule has 0 saturated heterocycles. The second-order valence-electron chi connectivity index (χ2n) is 6.15. The first-order chi connectivity index (χ1) is 8.55. The molecular weight excluding hydrogens is 218 g/mol.